The highest BCUT2D eigenvalue weighted by molar-refractivity contribution is 5.31. The molecule has 140 valence electrons. The van der Waals surface area contributed by atoms with Gasteiger partial charge in [0, 0.05) is 0 Å². The van der Waals surface area contributed by atoms with Gasteiger partial charge in [-0.05, 0) is 62.5 Å². The van der Waals surface area contributed by atoms with Crippen molar-refractivity contribution >= 4 is 0 Å². The average Bonchev–Trinajstić information content (AvgIpc) is 2.63. The molecule has 0 heterocycles. The van der Waals surface area contributed by atoms with Gasteiger partial charge in [0.1, 0.15) is 0 Å². The van der Waals surface area contributed by atoms with Crippen LogP contribution in [0.2, 0.25) is 0 Å². The van der Waals surface area contributed by atoms with Gasteiger partial charge in [-0.2, -0.15) is 4.39 Å². The summed E-state index contributed by atoms with van der Waals surface area (Å²) >= 11 is 0. The molecule has 0 amide bonds. The third-order valence-electron chi connectivity index (χ3n) is 5.35. The van der Waals surface area contributed by atoms with Crippen molar-refractivity contribution in [1.82, 2.24) is 0 Å². The van der Waals surface area contributed by atoms with E-state index < -0.39 is 11.6 Å². The zero-order chi connectivity index (χ0) is 18.1. The van der Waals surface area contributed by atoms with Crippen molar-refractivity contribution in [3.63, 3.8) is 0 Å². The highest BCUT2D eigenvalue weighted by Gasteiger charge is 2.21. The highest BCUT2D eigenvalue weighted by atomic mass is 19.2. The van der Waals surface area contributed by atoms with E-state index in [4.69, 9.17) is 4.74 Å². The summed E-state index contributed by atoms with van der Waals surface area (Å²) in [5.41, 5.74) is 0.483. The van der Waals surface area contributed by atoms with Crippen LogP contribution in [0, 0.1) is 23.5 Å². The monoisotopic (exact) mass is 350 g/mol. The van der Waals surface area contributed by atoms with Gasteiger partial charge in [0.2, 0.25) is 5.82 Å². The van der Waals surface area contributed by atoms with Crippen LogP contribution in [-0.4, -0.2) is 6.61 Å². The van der Waals surface area contributed by atoms with Gasteiger partial charge in [0.05, 0.1) is 6.61 Å². The molecule has 1 fully saturated rings. The standard InChI is InChI=1S/C22H32F2O/c1-3-5-6-7-17-8-10-18(11-9-17)12-13-19-14-15-20(25-16-4-2)22(24)21(19)23/h3,5,14-15,17-18H,4,6-13,16H2,1-2H3/b5-3+. The van der Waals surface area contributed by atoms with E-state index in [0.717, 1.165) is 18.8 Å². The van der Waals surface area contributed by atoms with Crippen LogP contribution in [0.4, 0.5) is 8.78 Å². The zero-order valence-electron chi connectivity index (χ0n) is 15.7. The number of ether oxygens (including phenoxy) is 1. The van der Waals surface area contributed by atoms with Gasteiger partial charge in [0.15, 0.2) is 11.6 Å². The SMILES string of the molecule is C/C=C/CCC1CCC(CCc2ccc(OCCC)c(F)c2F)CC1. The lowest BCUT2D eigenvalue weighted by molar-refractivity contribution is 0.253. The third kappa shape index (κ3) is 6.13. The molecule has 0 bridgehead atoms. The molecule has 1 aromatic rings. The van der Waals surface area contributed by atoms with Crippen molar-refractivity contribution in [3.05, 3.63) is 41.5 Å². The fraction of sp³-hybridized carbons (Fsp3) is 0.636. The Labute approximate surface area is 151 Å². The van der Waals surface area contributed by atoms with E-state index in [-0.39, 0.29) is 5.75 Å². The number of hydrogen-bond acceptors (Lipinski definition) is 1. The van der Waals surface area contributed by atoms with E-state index in [1.807, 2.05) is 6.92 Å². The normalized spacial score (nSPS) is 21.0. The summed E-state index contributed by atoms with van der Waals surface area (Å²) < 4.78 is 33.5. The Morgan fingerprint density at radius 1 is 1.04 bits per heavy atom. The lowest BCUT2D eigenvalue weighted by Crippen LogP contribution is -2.15. The quantitative estimate of drug-likeness (QED) is 0.443. The topological polar surface area (TPSA) is 9.23 Å². The fourth-order valence-electron chi connectivity index (χ4n) is 3.76. The first kappa shape index (κ1) is 19.9. The van der Waals surface area contributed by atoms with Crippen LogP contribution < -0.4 is 4.74 Å². The van der Waals surface area contributed by atoms with Gasteiger partial charge in [-0.15, -0.1) is 0 Å². The maximum absolute atomic E-state index is 14.2. The van der Waals surface area contributed by atoms with Gasteiger partial charge in [0.25, 0.3) is 0 Å². The third-order valence-corrected chi connectivity index (χ3v) is 5.35. The second-order valence-corrected chi connectivity index (χ2v) is 7.27. The molecule has 1 aromatic carbocycles. The first-order valence-corrected chi connectivity index (χ1v) is 9.86. The van der Waals surface area contributed by atoms with Gasteiger partial charge in [-0.3, -0.25) is 0 Å². The van der Waals surface area contributed by atoms with Crippen molar-refractivity contribution in [2.75, 3.05) is 6.61 Å². The van der Waals surface area contributed by atoms with Crippen molar-refractivity contribution in [3.8, 4) is 5.75 Å². The average molecular weight is 350 g/mol. The van der Waals surface area contributed by atoms with Crippen LogP contribution in [-0.2, 0) is 6.42 Å². The van der Waals surface area contributed by atoms with Crippen LogP contribution in [0.5, 0.6) is 5.75 Å². The van der Waals surface area contributed by atoms with Crippen LogP contribution in [0.1, 0.15) is 70.8 Å². The second-order valence-electron chi connectivity index (χ2n) is 7.27. The molecule has 1 aliphatic carbocycles. The number of aryl methyl sites for hydroxylation is 1. The molecule has 0 unspecified atom stereocenters. The van der Waals surface area contributed by atoms with Gasteiger partial charge < -0.3 is 4.74 Å². The van der Waals surface area contributed by atoms with Gasteiger partial charge in [-0.25, -0.2) is 4.39 Å². The fourth-order valence-corrected chi connectivity index (χ4v) is 3.76. The smallest absolute Gasteiger partial charge is 0.200 e. The minimum Gasteiger partial charge on any atom is -0.490 e. The first-order chi connectivity index (χ1) is 12.2. The van der Waals surface area contributed by atoms with E-state index in [9.17, 15) is 8.78 Å². The largest absolute Gasteiger partial charge is 0.490 e. The van der Waals surface area contributed by atoms with E-state index in [0.29, 0.717) is 24.5 Å². The first-order valence-electron chi connectivity index (χ1n) is 9.86. The molecule has 3 heteroatoms. The molecule has 25 heavy (non-hydrogen) atoms. The Bertz CT molecular complexity index is 545. The summed E-state index contributed by atoms with van der Waals surface area (Å²) in [7, 11) is 0. The number of benzene rings is 1. The number of halogens is 2. The Morgan fingerprint density at radius 3 is 2.36 bits per heavy atom. The highest BCUT2D eigenvalue weighted by Crippen LogP contribution is 2.34. The van der Waals surface area contributed by atoms with E-state index in [1.165, 1.54) is 38.5 Å². The number of allylic oxidation sites excluding steroid dienone is 2. The summed E-state index contributed by atoms with van der Waals surface area (Å²) in [6.07, 6.45) is 14.2. The molecule has 1 saturated carbocycles. The molecule has 0 spiro atoms. The summed E-state index contributed by atoms with van der Waals surface area (Å²) in [6.45, 7) is 4.42. The summed E-state index contributed by atoms with van der Waals surface area (Å²) in [5.74, 6) is -0.0370. The van der Waals surface area contributed by atoms with Crippen molar-refractivity contribution in [2.45, 2.75) is 71.6 Å². The van der Waals surface area contributed by atoms with Crippen molar-refractivity contribution in [2.24, 2.45) is 11.8 Å². The van der Waals surface area contributed by atoms with Crippen LogP contribution in [0.25, 0.3) is 0 Å². The molecule has 0 N–H and O–H groups in total. The predicted molar refractivity (Wildman–Crippen MR) is 100.0 cm³/mol. The minimum absolute atomic E-state index is 0.0322. The molecule has 0 aliphatic heterocycles. The Balaban J connectivity index is 1.79. The number of rotatable bonds is 9. The second kappa shape index (κ2) is 10.6. The van der Waals surface area contributed by atoms with Crippen molar-refractivity contribution < 1.29 is 13.5 Å². The van der Waals surface area contributed by atoms with Crippen LogP contribution in [0.15, 0.2) is 24.3 Å². The molecule has 0 radical (unpaired) electrons. The molecule has 0 aromatic heterocycles. The van der Waals surface area contributed by atoms with Gasteiger partial charge in [-0.1, -0.05) is 50.8 Å². The molecule has 0 atom stereocenters. The minimum atomic E-state index is -0.835. The van der Waals surface area contributed by atoms with E-state index in [1.54, 1.807) is 12.1 Å². The molecular weight excluding hydrogens is 318 g/mol. The predicted octanol–water partition coefficient (Wildman–Crippen LogP) is 6.85. The Morgan fingerprint density at radius 2 is 1.72 bits per heavy atom. The number of hydrogen-bond donors (Lipinski definition) is 0. The maximum Gasteiger partial charge on any atom is 0.200 e. The molecule has 0 saturated heterocycles. The Kier molecular flexibility index (Phi) is 8.43. The lowest BCUT2D eigenvalue weighted by atomic mass is 9.78. The summed E-state index contributed by atoms with van der Waals surface area (Å²) in [5, 5.41) is 0. The zero-order valence-corrected chi connectivity index (χ0v) is 15.7. The molecular formula is C22H32F2O. The summed E-state index contributed by atoms with van der Waals surface area (Å²) in [6, 6.07) is 3.26. The molecule has 1 aliphatic rings. The van der Waals surface area contributed by atoms with Crippen LogP contribution >= 0.6 is 0 Å². The molecule has 1 nitrogen and oxygen atoms in total. The Hall–Kier alpha value is -1.38. The van der Waals surface area contributed by atoms with Crippen LogP contribution in [0.3, 0.4) is 0 Å². The lowest BCUT2D eigenvalue weighted by Gasteiger charge is -2.28. The molecule has 2 rings (SSSR count). The van der Waals surface area contributed by atoms with Gasteiger partial charge >= 0.3 is 0 Å². The van der Waals surface area contributed by atoms with Crippen molar-refractivity contribution in [1.29, 1.82) is 0 Å². The van der Waals surface area contributed by atoms with E-state index in [2.05, 4.69) is 19.1 Å². The summed E-state index contributed by atoms with van der Waals surface area (Å²) in [4.78, 5) is 0. The maximum atomic E-state index is 14.2. The van der Waals surface area contributed by atoms with E-state index >= 15 is 0 Å².